The van der Waals surface area contributed by atoms with E-state index in [2.05, 4.69) is 32.2 Å². The Hall–Kier alpha value is -2.11. The number of benzene rings is 1. The van der Waals surface area contributed by atoms with Gasteiger partial charge < -0.3 is 10.4 Å². The third-order valence-corrected chi connectivity index (χ3v) is 5.78. The van der Waals surface area contributed by atoms with E-state index in [1.165, 1.54) is 18.4 Å². The van der Waals surface area contributed by atoms with Crippen LogP contribution >= 0.6 is 0 Å². The van der Waals surface area contributed by atoms with Crippen molar-refractivity contribution in [2.24, 2.45) is 0 Å². The van der Waals surface area contributed by atoms with Gasteiger partial charge >= 0.3 is 0 Å². The van der Waals surface area contributed by atoms with Crippen molar-refractivity contribution in [1.29, 1.82) is 0 Å². The van der Waals surface area contributed by atoms with E-state index >= 15 is 0 Å². The molecule has 0 bridgehead atoms. The quantitative estimate of drug-likeness (QED) is 0.820. The molecule has 2 aliphatic rings. The smallest absolute Gasteiger partial charge is 0.120 e. The number of rotatable bonds is 6. The minimum Gasteiger partial charge on any atom is -0.508 e. The van der Waals surface area contributed by atoms with Gasteiger partial charge in [-0.25, -0.2) is 0 Å². The maximum atomic E-state index is 10.2. The number of piperidine rings is 1. The van der Waals surface area contributed by atoms with Gasteiger partial charge in [0.1, 0.15) is 5.75 Å². The second-order valence-electron chi connectivity index (χ2n) is 7.88. The molecule has 0 amide bonds. The third-order valence-electron chi connectivity index (χ3n) is 5.78. The van der Waals surface area contributed by atoms with Crippen LogP contribution in [0.3, 0.4) is 0 Å². The van der Waals surface area contributed by atoms with E-state index in [1.807, 2.05) is 30.6 Å². The minimum absolute atomic E-state index is 0.436. The van der Waals surface area contributed by atoms with Crippen LogP contribution in [0.25, 0.3) is 0 Å². The third kappa shape index (κ3) is 4.99. The van der Waals surface area contributed by atoms with Crippen LogP contribution < -0.4 is 5.32 Å². The summed E-state index contributed by atoms with van der Waals surface area (Å²) in [4.78, 5) is 9.04. The highest BCUT2D eigenvalue weighted by Gasteiger charge is 2.20. The molecule has 0 radical (unpaired) electrons. The van der Waals surface area contributed by atoms with Gasteiger partial charge in [-0.2, -0.15) is 0 Å². The Bertz CT molecular complexity index is 722. The summed E-state index contributed by atoms with van der Waals surface area (Å²) < 4.78 is 0. The number of nitrogens with one attached hydrogen (secondary N) is 1. The van der Waals surface area contributed by atoms with Gasteiger partial charge in [-0.3, -0.25) is 14.8 Å². The van der Waals surface area contributed by atoms with Crippen LogP contribution in [0.15, 0.2) is 42.7 Å². The fraction of sp³-hybridized carbons (Fsp3) is 0.500. The van der Waals surface area contributed by atoms with Crippen LogP contribution in [-0.2, 0) is 13.1 Å². The largest absolute Gasteiger partial charge is 0.508 e. The Morgan fingerprint density at radius 1 is 0.926 bits per heavy atom. The molecule has 0 spiro atoms. The van der Waals surface area contributed by atoms with Crippen LogP contribution in [0.2, 0.25) is 0 Å². The molecule has 2 aliphatic heterocycles. The second kappa shape index (κ2) is 8.72. The molecule has 2 aromatic rings. The predicted molar refractivity (Wildman–Crippen MR) is 109 cm³/mol. The zero-order chi connectivity index (χ0) is 18.5. The molecule has 2 fully saturated rings. The molecule has 5 heteroatoms. The molecule has 2 N–H and O–H groups in total. The minimum atomic E-state index is 0.436. The first-order valence-electron chi connectivity index (χ1n) is 10.2. The highest BCUT2D eigenvalue weighted by molar-refractivity contribution is 5.42. The Labute approximate surface area is 162 Å². The Balaban J connectivity index is 1.29. The fourth-order valence-corrected chi connectivity index (χ4v) is 4.22. The lowest BCUT2D eigenvalue weighted by atomic mass is 10.0. The van der Waals surface area contributed by atoms with E-state index in [0.717, 1.165) is 63.4 Å². The molecule has 0 unspecified atom stereocenters. The van der Waals surface area contributed by atoms with Crippen LogP contribution in [0, 0.1) is 0 Å². The fourth-order valence-electron chi connectivity index (χ4n) is 4.22. The number of aromatic nitrogens is 1. The number of phenolic OH excluding ortho intramolecular Hbond substituents is 1. The van der Waals surface area contributed by atoms with Gasteiger partial charge in [-0.15, -0.1) is 0 Å². The molecule has 0 atom stereocenters. The van der Waals surface area contributed by atoms with Crippen molar-refractivity contribution in [3.8, 4) is 5.75 Å². The molecule has 27 heavy (non-hydrogen) atoms. The lowest BCUT2D eigenvalue weighted by Crippen LogP contribution is -2.38. The van der Waals surface area contributed by atoms with Crippen molar-refractivity contribution in [1.82, 2.24) is 14.8 Å². The zero-order valence-corrected chi connectivity index (χ0v) is 16.0. The first-order chi connectivity index (χ1) is 13.3. The number of hydrogen-bond acceptors (Lipinski definition) is 5. The van der Waals surface area contributed by atoms with E-state index in [0.29, 0.717) is 11.8 Å². The number of phenols is 1. The van der Waals surface area contributed by atoms with Crippen LogP contribution in [-0.4, -0.2) is 52.1 Å². The maximum Gasteiger partial charge on any atom is 0.120 e. The van der Waals surface area contributed by atoms with Gasteiger partial charge in [-0.05, 0) is 68.6 Å². The van der Waals surface area contributed by atoms with Crippen molar-refractivity contribution in [2.75, 3.05) is 31.5 Å². The van der Waals surface area contributed by atoms with E-state index in [-0.39, 0.29) is 0 Å². The van der Waals surface area contributed by atoms with E-state index < -0.39 is 0 Å². The van der Waals surface area contributed by atoms with Crippen LogP contribution in [0.5, 0.6) is 5.75 Å². The molecule has 0 saturated carbocycles. The topological polar surface area (TPSA) is 51.6 Å². The van der Waals surface area contributed by atoms with Crippen molar-refractivity contribution in [3.05, 3.63) is 53.9 Å². The van der Waals surface area contributed by atoms with Gasteiger partial charge in [0.05, 0.1) is 0 Å². The van der Waals surface area contributed by atoms with E-state index in [9.17, 15) is 5.11 Å². The average Bonchev–Trinajstić information content (AvgIpc) is 3.20. The van der Waals surface area contributed by atoms with Crippen molar-refractivity contribution >= 4 is 5.69 Å². The maximum absolute atomic E-state index is 10.2. The Morgan fingerprint density at radius 3 is 2.37 bits per heavy atom. The summed E-state index contributed by atoms with van der Waals surface area (Å²) in [6.07, 6.45) is 8.54. The monoisotopic (exact) mass is 366 g/mol. The predicted octanol–water partition coefficient (Wildman–Crippen LogP) is 3.46. The number of likely N-dealkylation sites (tertiary alicyclic amines) is 2. The summed E-state index contributed by atoms with van der Waals surface area (Å²) in [5.74, 6) is 0.436. The molecule has 2 saturated heterocycles. The molecule has 1 aromatic carbocycles. The van der Waals surface area contributed by atoms with Gasteiger partial charge in [0, 0.05) is 55.9 Å². The molecule has 0 aliphatic carbocycles. The summed E-state index contributed by atoms with van der Waals surface area (Å²) in [7, 11) is 0. The number of aromatic hydroxyl groups is 1. The molecule has 144 valence electrons. The van der Waals surface area contributed by atoms with Crippen molar-refractivity contribution < 1.29 is 5.11 Å². The van der Waals surface area contributed by atoms with Gasteiger partial charge in [0.25, 0.3) is 0 Å². The van der Waals surface area contributed by atoms with Crippen LogP contribution in [0.4, 0.5) is 5.69 Å². The van der Waals surface area contributed by atoms with Crippen LogP contribution in [0.1, 0.15) is 36.8 Å². The lowest BCUT2D eigenvalue weighted by Gasteiger charge is -2.33. The molecule has 5 nitrogen and oxygen atoms in total. The number of nitrogens with zero attached hydrogens (tertiary/aromatic N) is 3. The number of hydrogen-bond donors (Lipinski definition) is 2. The zero-order valence-electron chi connectivity index (χ0n) is 16.0. The molecule has 4 rings (SSSR count). The van der Waals surface area contributed by atoms with E-state index in [4.69, 9.17) is 0 Å². The first kappa shape index (κ1) is 18.3. The van der Waals surface area contributed by atoms with E-state index in [1.54, 1.807) is 0 Å². The van der Waals surface area contributed by atoms with Crippen molar-refractivity contribution in [2.45, 2.75) is 44.8 Å². The molecule has 1 aromatic heterocycles. The lowest BCUT2D eigenvalue weighted by molar-refractivity contribution is 0.211. The summed E-state index contributed by atoms with van der Waals surface area (Å²) >= 11 is 0. The number of anilines is 1. The Kier molecular flexibility index (Phi) is 5.90. The number of pyridine rings is 1. The molecular formula is C22H30N4O. The normalized spacial score (nSPS) is 19.4. The Morgan fingerprint density at radius 2 is 1.63 bits per heavy atom. The summed E-state index contributed by atoms with van der Waals surface area (Å²) in [5, 5.41) is 13.8. The SMILES string of the molecule is Oc1ccc(CN2CCC(Nc3ccncc3)CC2)cc1CN1CCCC1. The first-order valence-corrected chi connectivity index (χ1v) is 10.2. The highest BCUT2D eigenvalue weighted by atomic mass is 16.3. The average molecular weight is 367 g/mol. The summed E-state index contributed by atoms with van der Waals surface area (Å²) in [6, 6.07) is 10.8. The summed E-state index contributed by atoms with van der Waals surface area (Å²) in [5.41, 5.74) is 3.54. The standard InChI is InChI=1S/C22H30N4O/c27-22-4-3-18(15-19(22)17-25-11-1-2-12-25)16-26-13-7-21(8-14-26)24-20-5-9-23-10-6-20/h3-6,9-10,15,21,27H,1-2,7-8,11-14,16-17H2,(H,23,24). The van der Waals surface area contributed by atoms with Gasteiger partial charge in [0.2, 0.25) is 0 Å². The summed E-state index contributed by atoms with van der Waals surface area (Å²) in [6.45, 7) is 6.35. The highest BCUT2D eigenvalue weighted by Crippen LogP contribution is 2.24. The molecular weight excluding hydrogens is 336 g/mol. The van der Waals surface area contributed by atoms with Gasteiger partial charge in [0.15, 0.2) is 0 Å². The van der Waals surface area contributed by atoms with Crippen molar-refractivity contribution in [3.63, 3.8) is 0 Å². The second-order valence-corrected chi connectivity index (χ2v) is 7.88. The van der Waals surface area contributed by atoms with Gasteiger partial charge in [-0.1, -0.05) is 6.07 Å². The molecule has 3 heterocycles.